The summed E-state index contributed by atoms with van der Waals surface area (Å²) in [5.41, 5.74) is 15.2. The number of aryl methyl sites for hydroxylation is 2. The highest BCUT2D eigenvalue weighted by molar-refractivity contribution is 6.23. The molecule has 0 unspecified atom stereocenters. The molecule has 0 saturated carbocycles. The molecule has 0 amide bonds. The first kappa shape index (κ1) is 32.8. The second-order valence-corrected chi connectivity index (χ2v) is 15.8. The Labute approximate surface area is 335 Å². The van der Waals surface area contributed by atoms with E-state index in [9.17, 15) is 0 Å². The number of aromatic nitrogens is 1. The maximum absolute atomic E-state index is 6.62. The number of hydrogen-bond acceptors (Lipinski definition) is 1. The lowest BCUT2D eigenvalue weighted by Crippen LogP contribution is -1.93. The van der Waals surface area contributed by atoms with Crippen molar-refractivity contribution >= 4 is 76.1 Å². The molecule has 58 heavy (non-hydrogen) atoms. The van der Waals surface area contributed by atoms with Crippen LogP contribution in [0.3, 0.4) is 0 Å². The van der Waals surface area contributed by atoms with E-state index >= 15 is 0 Å². The summed E-state index contributed by atoms with van der Waals surface area (Å²) in [7, 11) is 0. The SMILES string of the molecule is Cc1cc(C)cc(-c2c3ccccc3c(-c3ccc4cc(-c5ccc6c(c5)c5ccc7c8ccccc8oc7c5n6-c5ccccc5)ccc4c3)c3ccccc23)c1. The van der Waals surface area contributed by atoms with E-state index in [-0.39, 0.29) is 0 Å². The summed E-state index contributed by atoms with van der Waals surface area (Å²) in [5, 5.41) is 12.2. The van der Waals surface area contributed by atoms with Crippen molar-refractivity contribution in [3.63, 3.8) is 0 Å². The van der Waals surface area contributed by atoms with Gasteiger partial charge in [-0.15, -0.1) is 0 Å². The highest BCUT2D eigenvalue weighted by atomic mass is 16.3. The van der Waals surface area contributed by atoms with Gasteiger partial charge in [0.2, 0.25) is 0 Å². The summed E-state index contributed by atoms with van der Waals surface area (Å²) in [5.74, 6) is 0. The van der Waals surface area contributed by atoms with Crippen LogP contribution in [-0.2, 0) is 0 Å². The smallest absolute Gasteiger partial charge is 0.160 e. The van der Waals surface area contributed by atoms with Crippen LogP contribution in [-0.4, -0.2) is 4.57 Å². The molecule has 0 aliphatic heterocycles. The van der Waals surface area contributed by atoms with Crippen LogP contribution < -0.4 is 0 Å². The summed E-state index contributed by atoms with van der Waals surface area (Å²) >= 11 is 0. The zero-order chi connectivity index (χ0) is 38.5. The minimum atomic E-state index is 0.908. The molecule has 12 rings (SSSR count). The van der Waals surface area contributed by atoms with Crippen LogP contribution in [0, 0.1) is 13.8 Å². The van der Waals surface area contributed by atoms with Crippen molar-refractivity contribution in [3.8, 4) is 39.1 Å². The summed E-state index contributed by atoms with van der Waals surface area (Å²) in [6.07, 6.45) is 0. The fourth-order valence-electron chi connectivity index (χ4n) is 9.76. The van der Waals surface area contributed by atoms with E-state index in [1.165, 1.54) is 87.6 Å². The van der Waals surface area contributed by atoms with Gasteiger partial charge in [-0.1, -0.05) is 151 Å². The van der Waals surface area contributed by atoms with Crippen molar-refractivity contribution in [2.75, 3.05) is 0 Å². The lowest BCUT2D eigenvalue weighted by Gasteiger charge is -2.18. The van der Waals surface area contributed by atoms with E-state index in [1.54, 1.807) is 0 Å². The van der Waals surface area contributed by atoms with E-state index in [0.717, 1.165) is 38.7 Å². The van der Waals surface area contributed by atoms with Crippen LogP contribution in [0.4, 0.5) is 0 Å². The number of furan rings is 1. The number of hydrogen-bond donors (Lipinski definition) is 0. The predicted octanol–water partition coefficient (Wildman–Crippen LogP) is 15.8. The average Bonchev–Trinajstić information content (AvgIpc) is 3.81. The summed E-state index contributed by atoms with van der Waals surface area (Å²) in [4.78, 5) is 0. The fraction of sp³-hybridized carbons (Fsp3) is 0.0357. The van der Waals surface area contributed by atoms with Crippen LogP contribution in [0.25, 0.3) is 115 Å². The largest absolute Gasteiger partial charge is 0.454 e. The minimum absolute atomic E-state index is 0.908. The van der Waals surface area contributed by atoms with Gasteiger partial charge in [-0.2, -0.15) is 0 Å². The lowest BCUT2D eigenvalue weighted by atomic mass is 9.85. The van der Waals surface area contributed by atoms with Crippen LogP contribution in [0.2, 0.25) is 0 Å². The average molecular weight is 740 g/mol. The molecule has 2 heteroatoms. The molecule has 0 bridgehead atoms. The van der Waals surface area contributed by atoms with Crippen LogP contribution in [0.1, 0.15) is 11.1 Å². The number of benzene rings is 10. The Balaban J connectivity index is 1.01. The first-order valence-electron chi connectivity index (χ1n) is 20.1. The van der Waals surface area contributed by atoms with Gasteiger partial charge in [-0.05, 0) is 128 Å². The molecule has 0 radical (unpaired) electrons. The molecule has 0 fully saturated rings. The van der Waals surface area contributed by atoms with Crippen molar-refractivity contribution in [2.45, 2.75) is 13.8 Å². The highest BCUT2D eigenvalue weighted by Gasteiger charge is 2.20. The molecule has 0 atom stereocenters. The Morgan fingerprint density at radius 1 is 0.362 bits per heavy atom. The van der Waals surface area contributed by atoms with Gasteiger partial charge in [0.15, 0.2) is 5.58 Å². The van der Waals surface area contributed by atoms with Crippen molar-refractivity contribution < 1.29 is 4.42 Å². The van der Waals surface area contributed by atoms with Gasteiger partial charge < -0.3 is 8.98 Å². The Morgan fingerprint density at radius 3 is 1.59 bits per heavy atom. The maximum atomic E-state index is 6.62. The lowest BCUT2D eigenvalue weighted by molar-refractivity contribution is 0.671. The Hall–Kier alpha value is -7.42. The Morgan fingerprint density at radius 2 is 0.897 bits per heavy atom. The molecule has 2 heterocycles. The van der Waals surface area contributed by atoms with E-state index < -0.39 is 0 Å². The van der Waals surface area contributed by atoms with Crippen molar-refractivity contribution in [2.24, 2.45) is 0 Å². The number of para-hydroxylation sites is 2. The molecular formula is C56H37NO. The summed E-state index contributed by atoms with van der Waals surface area (Å²) in [6, 6.07) is 69.0. The second-order valence-electron chi connectivity index (χ2n) is 15.8. The molecule has 10 aromatic carbocycles. The zero-order valence-electron chi connectivity index (χ0n) is 32.3. The molecule has 0 saturated heterocycles. The van der Waals surface area contributed by atoms with Crippen LogP contribution in [0.5, 0.6) is 0 Å². The standard InChI is InChI=1S/C56H37NO/c1-34-28-35(2)30-41(29-34)54-46-17-8-6-15-44(46)53(45-16-7-9-18-47(45)54)40-23-22-36-31-37(20-21-38(36)32-40)39-24-27-51-50(33-39)48-25-26-49-43-14-10-11-19-52(43)58-56(49)55(48)57(51)42-12-4-3-5-13-42/h3-33H,1-2H3. The summed E-state index contributed by atoms with van der Waals surface area (Å²) in [6.45, 7) is 4.39. The molecule has 2 aromatic heterocycles. The third-order valence-corrected chi connectivity index (χ3v) is 12.2. The van der Waals surface area contributed by atoms with Gasteiger partial charge >= 0.3 is 0 Å². The minimum Gasteiger partial charge on any atom is -0.454 e. The van der Waals surface area contributed by atoms with Crippen LogP contribution >= 0.6 is 0 Å². The molecule has 0 aliphatic carbocycles. The van der Waals surface area contributed by atoms with E-state index in [1.807, 2.05) is 6.07 Å². The van der Waals surface area contributed by atoms with Gasteiger partial charge in [0.25, 0.3) is 0 Å². The zero-order valence-corrected chi connectivity index (χ0v) is 32.3. The molecule has 0 aliphatic rings. The van der Waals surface area contributed by atoms with Crippen LogP contribution in [0.15, 0.2) is 192 Å². The molecule has 0 N–H and O–H groups in total. The Bertz CT molecular complexity index is 3560. The molecular weight excluding hydrogens is 703 g/mol. The third-order valence-electron chi connectivity index (χ3n) is 12.2. The quantitative estimate of drug-likeness (QED) is 0.164. The topological polar surface area (TPSA) is 18.1 Å². The van der Waals surface area contributed by atoms with Gasteiger partial charge in [0, 0.05) is 27.2 Å². The predicted molar refractivity (Wildman–Crippen MR) is 246 cm³/mol. The van der Waals surface area contributed by atoms with Gasteiger partial charge in [-0.25, -0.2) is 0 Å². The number of nitrogens with zero attached hydrogens (tertiary/aromatic N) is 1. The molecule has 2 nitrogen and oxygen atoms in total. The van der Waals surface area contributed by atoms with E-state index in [2.05, 4.69) is 200 Å². The monoisotopic (exact) mass is 739 g/mol. The fourth-order valence-corrected chi connectivity index (χ4v) is 9.76. The molecule has 272 valence electrons. The van der Waals surface area contributed by atoms with Crippen molar-refractivity contribution in [1.82, 2.24) is 4.57 Å². The number of rotatable bonds is 4. The molecule has 0 spiro atoms. The first-order chi connectivity index (χ1) is 28.6. The number of fused-ring (bicyclic) bond motifs is 10. The van der Waals surface area contributed by atoms with Crippen molar-refractivity contribution in [3.05, 3.63) is 199 Å². The maximum Gasteiger partial charge on any atom is 0.160 e. The van der Waals surface area contributed by atoms with Gasteiger partial charge in [0.1, 0.15) is 5.58 Å². The summed E-state index contributed by atoms with van der Waals surface area (Å²) < 4.78 is 8.99. The molecule has 12 aromatic rings. The Kier molecular flexibility index (Phi) is 7.09. The highest BCUT2D eigenvalue weighted by Crippen LogP contribution is 2.45. The van der Waals surface area contributed by atoms with Gasteiger partial charge in [-0.3, -0.25) is 0 Å². The normalized spacial score (nSPS) is 12.0. The van der Waals surface area contributed by atoms with E-state index in [0.29, 0.717) is 0 Å². The first-order valence-corrected chi connectivity index (χ1v) is 20.1. The second kappa shape index (κ2) is 12.5. The van der Waals surface area contributed by atoms with Gasteiger partial charge in [0.05, 0.1) is 11.0 Å². The van der Waals surface area contributed by atoms with E-state index in [4.69, 9.17) is 4.42 Å². The third kappa shape index (κ3) is 4.92. The van der Waals surface area contributed by atoms with Crippen molar-refractivity contribution in [1.29, 1.82) is 0 Å².